The summed E-state index contributed by atoms with van der Waals surface area (Å²) in [4.78, 5) is 5.06. The number of para-hydroxylation sites is 1. The van der Waals surface area contributed by atoms with Gasteiger partial charge in [0.1, 0.15) is 0 Å². The molecule has 0 fully saturated rings. The molecule has 2 aromatic carbocycles. The number of thiazole rings is 1. The second-order valence-corrected chi connectivity index (χ2v) is 6.92. The Morgan fingerprint density at radius 2 is 1.92 bits per heavy atom. The van der Waals surface area contributed by atoms with E-state index in [0.717, 1.165) is 22.6 Å². The number of thiocarbonyl (C=S) groups is 1. The minimum atomic E-state index is 0.393. The van der Waals surface area contributed by atoms with Crippen molar-refractivity contribution >= 4 is 44.4 Å². The smallest absolute Gasteiger partial charge is 0.0935 e. The van der Waals surface area contributed by atoms with Crippen LogP contribution >= 0.6 is 23.6 Å². The van der Waals surface area contributed by atoms with Crippen LogP contribution in [0.15, 0.2) is 48.5 Å². The van der Waals surface area contributed by atoms with E-state index in [9.17, 15) is 0 Å². The maximum absolute atomic E-state index is 5.50. The van der Waals surface area contributed by atoms with Crippen LogP contribution in [0, 0.1) is 6.92 Å². The summed E-state index contributed by atoms with van der Waals surface area (Å²) in [5.41, 5.74) is 14.2. The molecule has 126 valence electrons. The van der Waals surface area contributed by atoms with Gasteiger partial charge in [0, 0.05) is 12.2 Å². The van der Waals surface area contributed by atoms with Crippen molar-refractivity contribution in [2.24, 2.45) is 11.5 Å². The van der Waals surface area contributed by atoms with Crippen LogP contribution in [-0.4, -0.2) is 23.1 Å². The SMILES string of the molecule is Cc1nc2ccc(CCN)cc2s1.NCC(=S)Nc1ccccc1. The molecule has 1 aromatic heterocycles. The summed E-state index contributed by atoms with van der Waals surface area (Å²) in [6.07, 6.45) is 0.951. The van der Waals surface area contributed by atoms with Gasteiger partial charge in [-0.15, -0.1) is 11.3 Å². The second-order valence-electron chi connectivity index (χ2n) is 5.19. The van der Waals surface area contributed by atoms with Gasteiger partial charge in [-0.25, -0.2) is 4.98 Å². The maximum Gasteiger partial charge on any atom is 0.0935 e. The van der Waals surface area contributed by atoms with Crippen LogP contribution < -0.4 is 16.8 Å². The Morgan fingerprint density at radius 3 is 2.58 bits per heavy atom. The first-order valence-electron chi connectivity index (χ1n) is 7.73. The summed E-state index contributed by atoms with van der Waals surface area (Å²) >= 11 is 6.64. The third kappa shape index (κ3) is 5.65. The van der Waals surface area contributed by atoms with Gasteiger partial charge in [-0.1, -0.05) is 36.5 Å². The van der Waals surface area contributed by atoms with E-state index < -0.39 is 0 Å². The molecule has 0 saturated carbocycles. The highest BCUT2D eigenvalue weighted by Crippen LogP contribution is 2.22. The van der Waals surface area contributed by atoms with Gasteiger partial charge in [-0.05, 0) is 49.7 Å². The van der Waals surface area contributed by atoms with Crippen molar-refractivity contribution in [3.63, 3.8) is 0 Å². The highest BCUT2D eigenvalue weighted by atomic mass is 32.1. The molecule has 0 bridgehead atoms. The Balaban J connectivity index is 0.000000177. The lowest BCUT2D eigenvalue weighted by Crippen LogP contribution is -2.19. The maximum atomic E-state index is 5.50. The number of nitrogens with two attached hydrogens (primary N) is 2. The van der Waals surface area contributed by atoms with Crippen LogP contribution in [0.1, 0.15) is 10.6 Å². The highest BCUT2D eigenvalue weighted by molar-refractivity contribution is 7.80. The Bertz CT molecular complexity index is 784. The predicted octanol–water partition coefficient (Wildman–Crippen LogP) is 3.49. The molecule has 3 rings (SSSR count). The molecule has 0 amide bonds. The van der Waals surface area contributed by atoms with Gasteiger partial charge in [0.2, 0.25) is 0 Å². The number of rotatable bonds is 4. The molecule has 0 radical (unpaired) electrons. The van der Waals surface area contributed by atoms with Gasteiger partial charge in [-0.3, -0.25) is 0 Å². The summed E-state index contributed by atoms with van der Waals surface area (Å²) in [5.74, 6) is 0. The van der Waals surface area contributed by atoms with Gasteiger partial charge in [0.05, 0.1) is 20.2 Å². The zero-order chi connectivity index (χ0) is 17.4. The van der Waals surface area contributed by atoms with Gasteiger partial charge in [0.25, 0.3) is 0 Å². The van der Waals surface area contributed by atoms with Gasteiger partial charge < -0.3 is 16.8 Å². The van der Waals surface area contributed by atoms with Crippen molar-refractivity contribution in [1.82, 2.24) is 4.98 Å². The minimum Gasteiger partial charge on any atom is -0.349 e. The fourth-order valence-electron chi connectivity index (χ4n) is 2.14. The normalized spacial score (nSPS) is 10.1. The molecule has 0 spiro atoms. The molecule has 1 heterocycles. The van der Waals surface area contributed by atoms with Crippen molar-refractivity contribution in [2.75, 3.05) is 18.4 Å². The molecule has 0 aliphatic heterocycles. The average Bonchev–Trinajstić information content (AvgIpc) is 2.96. The zero-order valence-corrected chi connectivity index (χ0v) is 15.3. The van der Waals surface area contributed by atoms with Crippen LogP contribution in [-0.2, 0) is 6.42 Å². The van der Waals surface area contributed by atoms with Crippen molar-refractivity contribution in [1.29, 1.82) is 0 Å². The predicted molar refractivity (Wildman–Crippen MR) is 109 cm³/mol. The van der Waals surface area contributed by atoms with Crippen molar-refractivity contribution in [2.45, 2.75) is 13.3 Å². The van der Waals surface area contributed by atoms with E-state index >= 15 is 0 Å². The zero-order valence-electron chi connectivity index (χ0n) is 13.7. The lowest BCUT2D eigenvalue weighted by atomic mass is 10.1. The fourth-order valence-corrected chi connectivity index (χ4v) is 3.15. The van der Waals surface area contributed by atoms with Crippen LogP contribution in [0.5, 0.6) is 0 Å². The van der Waals surface area contributed by atoms with Gasteiger partial charge in [-0.2, -0.15) is 0 Å². The highest BCUT2D eigenvalue weighted by Gasteiger charge is 2.00. The van der Waals surface area contributed by atoms with E-state index in [1.165, 1.54) is 10.3 Å². The molecule has 5 N–H and O–H groups in total. The number of aromatic nitrogens is 1. The van der Waals surface area contributed by atoms with Crippen LogP contribution in [0.4, 0.5) is 5.69 Å². The average molecular weight is 359 g/mol. The second kappa shape index (κ2) is 9.44. The molecular weight excluding hydrogens is 336 g/mol. The molecule has 0 aliphatic rings. The molecule has 0 unspecified atom stereocenters. The van der Waals surface area contributed by atoms with E-state index in [1.807, 2.05) is 37.3 Å². The molecule has 4 nitrogen and oxygen atoms in total. The van der Waals surface area contributed by atoms with E-state index in [2.05, 4.69) is 28.5 Å². The summed E-state index contributed by atoms with van der Waals surface area (Å²) in [7, 11) is 0. The molecule has 6 heteroatoms. The van der Waals surface area contributed by atoms with Gasteiger partial charge >= 0.3 is 0 Å². The van der Waals surface area contributed by atoms with E-state index in [1.54, 1.807) is 11.3 Å². The lowest BCUT2D eigenvalue weighted by Gasteiger charge is -2.03. The number of anilines is 1. The van der Waals surface area contributed by atoms with Crippen molar-refractivity contribution in [3.05, 3.63) is 59.1 Å². The molecular formula is C18H22N4S2. The number of nitrogens with one attached hydrogen (secondary N) is 1. The Hall–Kier alpha value is -1.86. The monoisotopic (exact) mass is 358 g/mol. The van der Waals surface area contributed by atoms with E-state index in [0.29, 0.717) is 18.1 Å². The quantitative estimate of drug-likeness (QED) is 0.622. The summed E-state index contributed by atoms with van der Waals surface area (Å²) in [5, 5.41) is 4.12. The number of hydrogen-bond acceptors (Lipinski definition) is 5. The lowest BCUT2D eigenvalue weighted by molar-refractivity contribution is 0.971. The van der Waals surface area contributed by atoms with E-state index in [-0.39, 0.29) is 0 Å². The fraction of sp³-hybridized carbons (Fsp3) is 0.222. The first-order valence-corrected chi connectivity index (χ1v) is 8.96. The molecule has 0 saturated heterocycles. The number of hydrogen-bond donors (Lipinski definition) is 3. The van der Waals surface area contributed by atoms with Crippen LogP contribution in [0.25, 0.3) is 10.2 Å². The molecule has 24 heavy (non-hydrogen) atoms. The van der Waals surface area contributed by atoms with Crippen molar-refractivity contribution in [3.8, 4) is 0 Å². The standard InChI is InChI=1S/C10H12N2S.C8H10N2S/c1-7-12-9-3-2-8(4-5-11)6-10(9)13-7;9-6-8(11)10-7-4-2-1-3-5-7/h2-3,6H,4-5,11H2,1H3;1-5H,6,9H2,(H,10,11). The number of aryl methyl sites for hydroxylation is 1. The van der Waals surface area contributed by atoms with Gasteiger partial charge in [0.15, 0.2) is 0 Å². The molecule has 0 atom stereocenters. The third-order valence-electron chi connectivity index (χ3n) is 3.24. The number of fused-ring (bicyclic) bond motifs is 1. The largest absolute Gasteiger partial charge is 0.349 e. The third-order valence-corrected chi connectivity index (χ3v) is 4.44. The number of benzene rings is 2. The van der Waals surface area contributed by atoms with Crippen LogP contribution in [0.3, 0.4) is 0 Å². The Morgan fingerprint density at radius 1 is 1.17 bits per heavy atom. The Kier molecular flexibility index (Phi) is 7.27. The molecule has 0 aliphatic carbocycles. The van der Waals surface area contributed by atoms with Crippen molar-refractivity contribution < 1.29 is 0 Å². The summed E-state index contributed by atoms with van der Waals surface area (Å²) < 4.78 is 1.27. The van der Waals surface area contributed by atoms with E-state index in [4.69, 9.17) is 23.7 Å². The Labute approximate surface area is 151 Å². The first-order chi connectivity index (χ1) is 11.6. The topological polar surface area (TPSA) is 77.0 Å². The summed E-state index contributed by atoms with van der Waals surface area (Å²) in [6, 6.07) is 16.1. The first kappa shape index (κ1) is 18.5. The molecule has 3 aromatic rings. The summed E-state index contributed by atoms with van der Waals surface area (Å²) in [6.45, 7) is 3.14. The number of nitrogens with zero attached hydrogens (tertiary/aromatic N) is 1. The minimum absolute atomic E-state index is 0.393. The van der Waals surface area contributed by atoms with Crippen LogP contribution in [0.2, 0.25) is 0 Å².